The molecule has 0 aromatic carbocycles. The van der Waals surface area contributed by atoms with Crippen molar-refractivity contribution in [3.8, 4) is 0 Å². The molecule has 0 aromatic heterocycles. The van der Waals surface area contributed by atoms with E-state index >= 15 is 0 Å². The zero-order chi connectivity index (χ0) is 21.2. The van der Waals surface area contributed by atoms with Crippen molar-refractivity contribution < 1.29 is 34.2 Å². The quantitative estimate of drug-likeness (QED) is 0.318. The van der Waals surface area contributed by atoms with Crippen LogP contribution in [0.25, 0.3) is 0 Å². The number of fused-ring (bicyclic) bond motifs is 1. The molecule has 0 aromatic rings. The van der Waals surface area contributed by atoms with Crippen molar-refractivity contribution >= 4 is 41.4 Å². The van der Waals surface area contributed by atoms with Gasteiger partial charge in [0, 0.05) is 12.6 Å². The normalized spacial score (nSPS) is 25.5. The minimum atomic E-state index is -2.19. The van der Waals surface area contributed by atoms with E-state index in [1.54, 1.807) is 13.8 Å². The lowest BCUT2D eigenvalue weighted by atomic mass is 9.91. The van der Waals surface area contributed by atoms with Crippen molar-refractivity contribution in [1.82, 2.24) is 15.5 Å². The van der Waals surface area contributed by atoms with Crippen LogP contribution in [0.3, 0.4) is 0 Å². The zero-order valence-corrected chi connectivity index (χ0v) is 16.5. The van der Waals surface area contributed by atoms with Crippen LogP contribution in [-0.2, 0) is 24.0 Å². The molecule has 0 saturated carbocycles. The van der Waals surface area contributed by atoms with Crippen LogP contribution in [-0.4, -0.2) is 67.0 Å². The van der Waals surface area contributed by atoms with Gasteiger partial charge in [0.2, 0.25) is 11.4 Å². The van der Waals surface area contributed by atoms with E-state index in [1.165, 1.54) is 18.0 Å². The van der Waals surface area contributed by atoms with Crippen molar-refractivity contribution in [3.05, 3.63) is 11.8 Å². The third-order valence-electron chi connectivity index (χ3n) is 4.67. The van der Waals surface area contributed by atoms with Gasteiger partial charge in [0.15, 0.2) is 0 Å². The number of carboxylic acids is 2. The van der Waals surface area contributed by atoms with Crippen LogP contribution in [0.4, 0.5) is 0 Å². The number of thioether (sulfide) groups is 1. The Morgan fingerprint density at radius 2 is 1.89 bits per heavy atom. The average Bonchev–Trinajstić information content (AvgIpc) is 2.64. The lowest BCUT2D eigenvalue weighted by Crippen LogP contribution is -2.73. The van der Waals surface area contributed by atoms with Gasteiger partial charge < -0.3 is 25.7 Å². The summed E-state index contributed by atoms with van der Waals surface area (Å²) < 4.78 is 0. The Morgan fingerprint density at radius 1 is 1.25 bits per heavy atom. The number of hydrogen-bond acceptors (Lipinski definition) is 6. The summed E-state index contributed by atoms with van der Waals surface area (Å²) in [5, 5.41) is 22.1. The van der Waals surface area contributed by atoms with Crippen LogP contribution in [0.2, 0.25) is 0 Å². The van der Waals surface area contributed by atoms with Crippen LogP contribution >= 0.6 is 11.8 Å². The number of aliphatic carboxylic acids is 2. The smallest absolute Gasteiger partial charge is 0.339 e. The molecule has 0 bridgehead atoms. The summed E-state index contributed by atoms with van der Waals surface area (Å²) in [6.45, 7) is 4.79. The number of nitrogens with zero attached hydrogens (tertiary/aromatic N) is 1. The first kappa shape index (κ1) is 21.7. The molecule has 154 valence electrons. The first-order valence-corrected chi connectivity index (χ1v) is 9.77. The van der Waals surface area contributed by atoms with E-state index in [2.05, 4.69) is 10.6 Å². The molecule has 0 aliphatic carbocycles. The summed E-state index contributed by atoms with van der Waals surface area (Å²) >= 11 is 0.990. The van der Waals surface area contributed by atoms with Crippen LogP contribution in [0.5, 0.6) is 0 Å². The van der Waals surface area contributed by atoms with Gasteiger partial charge in [-0.3, -0.25) is 19.2 Å². The summed E-state index contributed by atoms with van der Waals surface area (Å²) in [7, 11) is 0. The Balaban J connectivity index is 2.24. The minimum Gasteiger partial charge on any atom is -0.480 e. The summed E-state index contributed by atoms with van der Waals surface area (Å²) in [6, 6.07) is -1.07. The molecule has 2 aliphatic rings. The highest BCUT2D eigenvalue weighted by Crippen LogP contribution is 2.40. The number of nitrogens with one attached hydrogen (secondary N) is 2. The van der Waals surface area contributed by atoms with E-state index in [9.17, 15) is 34.2 Å². The molecule has 11 heteroatoms. The van der Waals surface area contributed by atoms with Crippen LogP contribution in [0.1, 0.15) is 40.0 Å². The first-order valence-electron chi connectivity index (χ1n) is 8.83. The largest absolute Gasteiger partial charge is 0.480 e. The molecule has 3 amide bonds. The predicted molar refractivity (Wildman–Crippen MR) is 99.0 cm³/mol. The second kappa shape index (κ2) is 8.21. The SMILES string of the molecule is CCCC(NC(=O)CC)(C(=O)O)C(=O)NC1C(=O)N2C=C(C)C(C(=O)O)S[C@H]12. The van der Waals surface area contributed by atoms with E-state index in [0.29, 0.717) is 12.0 Å². The minimum absolute atomic E-state index is 0.00893. The molecule has 1 saturated heterocycles. The second-order valence-electron chi connectivity index (χ2n) is 6.68. The fraction of sp³-hybridized carbons (Fsp3) is 0.588. The monoisotopic (exact) mass is 413 g/mol. The molecule has 0 spiro atoms. The number of carboxylic acid groups (broad SMARTS) is 2. The van der Waals surface area contributed by atoms with Gasteiger partial charge in [-0.25, -0.2) is 4.79 Å². The first-order chi connectivity index (χ1) is 13.1. The number of carbonyl (C=O) groups excluding carboxylic acids is 3. The molecule has 2 rings (SSSR count). The molecule has 1 fully saturated rings. The molecule has 10 nitrogen and oxygen atoms in total. The van der Waals surface area contributed by atoms with Gasteiger partial charge in [0.1, 0.15) is 16.7 Å². The lowest BCUT2D eigenvalue weighted by Gasteiger charge is -2.49. The third kappa shape index (κ3) is 3.71. The molecule has 3 unspecified atom stereocenters. The van der Waals surface area contributed by atoms with E-state index in [-0.39, 0.29) is 12.8 Å². The molecule has 28 heavy (non-hydrogen) atoms. The van der Waals surface area contributed by atoms with Crippen LogP contribution in [0, 0.1) is 0 Å². The Bertz CT molecular complexity index is 753. The maximum atomic E-state index is 12.8. The van der Waals surface area contributed by atoms with E-state index in [1.807, 2.05) is 0 Å². The fourth-order valence-corrected chi connectivity index (χ4v) is 4.45. The topological polar surface area (TPSA) is 153 Å². The number of carbonyl (C=O) groups is 5. The summed E-state index contributed by atoms with van der Waals surface area (Å²) in [5.74, 6) is -4.66. The number of rotatable bonds is 8. The van der Waals surface area contributed by atoms with Gasteiger partial charge in [0.05, 0.1) is 0 Å². The molecule has 2 aliphatic heterocycles. The second-order valence-corrected chi connectivity index (χ2v) is 7.90. The van der Waals surface area contributed by atoms with Crippen molar-refractivity contribution in [2.45, 2.75) is 62.2 Å². The Labute approximate surface area is 165 Å². The fourth-order valence-electron chi connectivity index (χ4n) is 3.14. The Kier molecular flexibility index (Phi) is 6.37. The maximum Gasteiger partial charge on any atom is 0.339 e. The Morgan fingerprint density at radius 3 is 2.39 bits per heavy atom. The number of amides is 3. The molecular weight excluding hydrogens is 390 g/mol. The van der Waals surface area contributed by atoms with Gasteiger partial charge in [-0.05, 0) is 18.9 Å². The van der Waals surface area contributed by atoms with Crippen molar-refractivity contribution in [2.75, 3.05) is 0 Å². The number of hydrogen-bond donors (Lipinski definition) is 4. The standard InChI is InChI=1S/C17H23N3O7S/c1-4-6-17(16(26)27,19-9(21)5-2)15(25)18-10-12(22)20-7-8(3)11(14(23)24)28-13(10)20/h7,10-11,13H,4-6H2,1-3H3,(H,18,25)(H,19,21)(H,23,24)(H,26,27)/t10?,11?,13-,17?/m1/s1. The molecule has 0 radical (unpaired) electrons. The van der Waals surface area contributed by atoms with Gasteiger partial charge in [-0.2, -0.15) is 0 Å². The summed E-state index contributed by atoms with van der Waals surface area (Å²) in [5.41, 5.74) is -1.70. The molecule has 2 heterocycles. The van der Waals surface area contributed by atoms with Crippen molar-refractivity contribution in [1.29, 1.82) is 0 Å². The summed E-state index contributed by atoms with van der Waals surface area (Å²) in [4.78, 5) is 61.6. The van der Waals surface area contributed by atoms with Crippen molar-refractivity contribution in [3.63, 3.8) is 0 Å². The lowest BCUT2D eigenvalue weighted by molar-refractivity contribution is -0.157. The van der Waals surface area contributed by atoms with Gasteiger partial charge in [0.25, 0.3) is 11.8 Å². The maximum absolute atomic E-state index is 12.8. The Hall–Kier alpha value is -2.56. The average molecular weight is 413 g/mol. The van der Waals surface area contributed by atoms with Crippen molar-refractivity contribution in [2.24, 2.45) is 0 Å². The highest BCUT2D eigenvalue weighted by Gasteiger charge is 2.55. The number of β-lactam (4-membered cyclic amide) rings is 1. The molecular formula is C17H23N3O7S. The van der Waals surface area contributed by atoms with Crippen LogP contribution < -0.4 is 10.6 Å². The van der Waals surface area contributed by atoms with E-state index in [4.69, 9.17) is 0 Å². The van der Waals surface area contributed by atoms with Gasteiger partial charge in [-0.15, -0.1) is 11.8 Å². The summed E-state index contributed by atoms with van der Waals surface area (Å²) in [6.07, 6.45) is 1.57. The predicted octanol–water partition coefficient (Wildman–Crippen LogP) is -0.107. The third-order valence-corrected chi connectivity index (χ3v) is 6.30. The zero-order valence-electron chi connectivity index (χ0n) is 15.7. The van der Waals surface area contributed by atoms with E-state index < -0.39 is 51.9 Å². The highest BCUT2D eigenvalue weighted by molar-refractivity contribution is 8.01. The van der Waals surface area contributed by atoms with E-state index in [0.717, 1.165) is 11.8 Å². The molecule has 4 N–H and O–H groups in total. The molecule has 4 atom stereocenters. The van der Waals surface area contributed by atoms with Crippen LogP contribution in [0.15, 0.2) is 11.8 Å². The van der Waals surface area contributed by atoms with Gasteiger partial charge >= 0.3 is 11.9 Å². The highest BCUT2D eigenvalue weighted by atomic mass is 32.2. The van der Waals surface area contributed by atoms with Gasteiger partial charge in [-0.1, -0.05) is 20.3 Å².